The molecule has 0 bridgehead atoms. The number of aromatic nitrogens is 4. The maximum absolute atomic E-state index is 12.7. The van der Waals surface area contributed by atoms with Crippen molar-refractivity contribution in [1.82, 2.24) is 24.4 Å². The lowest BCUT2D eigenvalue weighted by atomic mass is 10.1. The zero-order valence-electron chi connectivity index (χ0n) is 13.5. The number of benzene rings is 1. The van der Waals surface area contributed by atoms with Gasteiger partial charge in [-0.2, -0.15) is 0 Å². The third-order valence-corrected chi connectivity index (χ3v) is 4.35. The summed E-state index contributed by atoms with van der Waals surface area (Å²) in [6.45, 7) is 2.76. The number of nitrogens with one attached hydrogen (secondary N) is 1. The molecule has 0 radical (unpaired) electrons. The minimum atomic E-state index is -0.0957. The van der Waals surface area contributed by atoms with E-state index in [1.54, 1.807) is 12.5 Å². The van der Waals surface area contributed by atoms with Gasteiger partial charge in [0.05, 0.1) is 18.2 Å². The fourth-order valence-corrected chi connectivity index (χ4v) is 3.22. The van der Waals surface area contributed by atoms with Crippen molar-refractivity contribution in [3.8, 4) is 5.69 Å². The molecule has 0 unspecified atom stereocenters. The molecule has 6 heteroatoms. The van der Waals surface area contributed by atoms with E-state index in [-0.39, 0.29) is 11.9 Å². The Morgan fingerprint density at radius 2 is 2.12 bits per heavy atom. The van der Waals surface area contributed by atoms with Crippen molar-refractivity contribution in [2.75, 3.05) is 0 Å². The zero-order valence-corrected chi connectivity index (χ0v) is 13.5. The van der Waals surface area contributed by atoms with Crippen molar-refractivity contribution in [2.45, 2.75) is 32.4 Å². The van der Waals surface area contributed by atoms with Crippen LogP contribution in [0.5, 0.6) is 0 Å². The molecule has 1 aliphatic rings. The van der Waals surface area contributed by atoms with Gasteiger partial charge in [-0.15, -0.1) is 0 Å². The topological polar surface area (TPSA) is 64.7 Å². The lowest BCUT2D eigenvalue weighted by Crippen LogP contribution is -2.41. The highest BCUT2D eigenvalue weighted by Gasteiger charge is 2.23. The minimum absolute atomic E-state index is 0.0957. The quantitative estimate of drug-likeness (QED) is 0.803. The van der Waals surface area contributed by atoms with Gasteiger partial charge >= 0.3 is 0 Å². The lowest BCUT2D eigenvalue weighted by molar-refractivity contribution is 0.0920. The van der Waals surface area contributed by atoms with Gasteiger partial charge in [0.2, 0.25) is 0 Å². The van der Waals surface area contributed by atoms with Gasteiger partial charge in [-0.3, -0.25) is 9.36 Å². The average Bonchev–Trinajstić information content (AvgIpc) is 3.21. The van der Waals surface area contributed by atoms with E-state index in [0.717, 1.165) is 36.6 Å². The molecule has 24 heavy (non-hydrogen) atoms. The molecule has 0 aliphatic carbocycles. The molecule has 1 atom stereocenters. The Morgan fingerprint density at radius 3 is 2.96 bits per heavy atom. The van der Waals surface area contributed by atoms with E-state index in [9.17, 15) is 4.79 Å². The first-order chi connectivity index (χ1) is 11.7. The predicted molar refractivity (Wildman–Crippen MR) is 90.1 cm³/mol. The molecule has 2 aromatic heterocycles. The number of amides is 1. The van der Waals surface area contributed by atoms with Gasteiger partial charge in [-0.05, 0) is 25.5 Å². The van der Waals surface area contributed by atoms with E-state index < -0.39 is 0 Å². The second-order valence-electron chi connectivity index (χ2n) is 6.14. The normalized spacial score (nSPS) is 16.6. The highest BCUT2D eigenvalue weighted by atomic mass is 16.2. The molecule has 0 saturated carbocycles. The van der Waals surface area contributed by atoms with Crippen LogP contribution in [0.25, 0.3) is 5.69 Å². The molecule has 0 fully saturated rings. The van der Waals surface area contributed by atoms with E-state index in [4.69, 9.17) is 0 Å². The van der Waals surface area contributed by atoms with Crippen LogP contribution in [-0.2, 0) is 13.0 Å². The minimum Gasteiger partial charge on any atom is -0.346 e. The third kappa shape index (κ3) is 2.71. The van der Waals surface area contributed by atoms with E-state index in [1.165, 1.54) is 0 Å². The summed E-state index contributed by atoms with van der Waals surface area (Å²) in [6.07, 6.45) is 7.11. The van der Waals surface area contributed by atoms with E-state index in [2.05, 4.69) is 19.9 Å². The molecule has 6 nitrogen and oxygen atoms in total. The fourth-order valence-electron chi connectivity index (χ4n) is 3.22. The first kappa shape index (κ1) is 14.7. The molecule has 1 amide bonds. The molecule has 1 aromatic carbocycles. The first-order valence-corrected chi connectivity index (χ1v) is 8.12. The summed E-state index contributed by atoms with van der Waals surface area (Å²) in [5, 5.41) is 3.13. The Morgan fingerprint density at radius 1 is 1.29 bits per heavy atom. The standard InChI is InChI=1S/C18H19N5O/c1-13-10-22-11-14(7-8-17(22)20-13)21-18(24)16-9-19-12-23(16)15-5-3-2-4-6-15/h2-6,9-10,12,14H,7-8,11H2,1H3,(H,21,24)/t14-/m1/s1. The van der Waals surface area contributed by atoms with E-state index in [0.29, 0.717) is 5.69 Å². The maximum Gasteiger partial charge on any atom is 0.270 e. The number of imidazole rings is 2. The molecule has 0 saturated heterocycles. The Bertz CT molecular complexity index is 865. The summed E-state index contributed by atoms with van der Waals surface area (Å²) in [5.41, 5.74) is 2.50. The van der Waals surface area contributed by atoms with Crippen LogP contribution in [0, 0.1) is 6.92 Å². The molecular formula is C18H19N5O. The van der Waals surface area contributed by atoms with Crippen LogP contribution in [-0.4, -0.2) is 31.1 Å². The van der Waals surface area contributed by atoms with Crippen molar-refractivity contribution in [3.05, 3.63) is 66.3 Å². The van der Waals surface area contributed by atoms with Crippen molar-refractivity contribution in [3.63, 3.8) is 0 Å². The van der Waals surface area contributed by atoms with E-state index in [1.807, 2.05) is 48.0 Å². The van der Waals surface area contributed by atoms with Gasteiger partial charge in [-0.1, -0.05) is 18.2 Å². The van der Waals surface area contributed by atoms with Crippen molar-refractivity contribution >= 4 is 5.91 Å². The summed E-state index contributed by atoms with van der Waals surface area (Å²) in [5.74, 6) is 1.01. The summed E-state index contributed by atoms with van der Waals surface area (Å²) in [6, 6.07) is 9.87. The number of hydrogen-bond donors (Lipinski definition) is 1. The summed E-state index contributed by atoms with van der Waals surface area (Å²) in [7, 11) is 0. The van der Waals surface area contributed by atoms with Crippen LogP contribution >= 0.6 is 0 Å². The monoisotopic (exact) mass is 321 g/mol. The molecule has 122 valence electrons. The Hall–Kier alpha value is -2.89. The van der Waals surface area contributed by atoms with Crippen LogP contribution in [0.15, 0.2) is 49.1 Å². The molecule has 3 aromatic rings. The van der Waals surface area contributed by atoms with Gasteiger partial charge < -0.3 is 9.88 Å². The molecule has 3 heterocycles. The molecular weight excluding hydrogens is 302 g/mol. The maximum atomic E-state index is 12.7. The van der Waals surface area contributed by atoms with Crippen LogP contribution in [0.3, 0.4) is 0 Å². The number of rotatable bonds is 3. The van der Waals surface area contributed by atoms with Crippen LogP contribution in [0.1, 0.15) is 28.4 Å². The summed E-state index contributed by atoms with van der Waals surface area (Å²) in [4.78, 5) is 21.3. The van der Waals surface area contributed by atoms with E-state index >= 15 is 0 Å². The Kier molecular flexibility index (Phi) is 3.65. The second-order valence-corrected chi connectivity index (χ2v) is 6.14. The number of nitrogens with zero attached hydrogens (tertiary/aromatic N) is 4. The van der Waals surface area contributed by atoms with Gasteiger partial charge in [-0.25, -0.2) is 9.97 Å². The highest BCUT2D eigenvalue weighted by molar-refractivity contribution is 5.93. The largest absolute Gasteiger partial charge is 0.346 e. The summed E-state index contributed by atoms with van der Waals surface area (Å²) < 4.78 is 3.95. The smallest absolute Gasteiger partial charge is 0.270 e. The zero-order chi connectivity index (χ0) is 16.5. The van der Waals surface area contributed by atoms with Crippen LogP contribution < -0.4 is 5.32 Å². The summed E-state index contributed by atoms with van der Waals surface area (Å²) >= 11 is 0. The van der Waals surface area contributed by atoms with Gasteiger partial charge in [0.15, 0.2) is 0 Å². The number of carbonyl (C=O) groups excluding carboxylic acids is 1. The Labute approximate surface area is 140 Å². The molecule has 4 rings (SSSR count). The van der Waals surface area contributed by atoms with Crippen molar-refractivity contribution in [2.24, 2.45) is 0 Å². The fraction of sp³-hybridized carbons (Fsp3) is 0.278. The third-order valence-electron chi connectivity index (χ3n) is 4.35. The molecule has 1 N–H and O–H groups in total. The van der Waals surface area contributed by atoms with Crippen LogP contribution in [0.2, 0.25) is 0 Å². The van der Waals surface area contributed by atoms with Gasteiger partial charge in [0.1, 0.15) is 11.5 Å². The Balaban J connectivity index is 1.51. The van der Waals surface area contributed by atoms with Crippen molar-refractivity contribution < 1.29 is 4.79 Å². The number of fused-ring (bicyclic) bond motifs is 1. The molecule has 1 aliphatic heterocycles. The van der Waals surface area contributed by atoms with Crippen LogP contribution in [0.4, 0.5) is 0 Å². The number of carbonyl (C=O) groups is 1. The number of hydrogen-bond acceptors (Lipinski definition) is 3. The lowest BCUT2D eigenvalue weighted by Gasteiger charge is -2.24. The first-order valence-electron chi connectivity index (χ1n) is 8.12. The number of para-hydroxylation sites is 1. The van der Waals surface area contributed by atoms with Crippen molar-refractivity contribution in [1.29, 1.82) is 0 Å². The van der Waals surface area contributed by atoms with Gasteiger partial charge in [0, 0.05) is 30.9 Å². The average molecular weight is 321 g/mol. The second kappa shape index (κ2) is 5.96. The highest BCUT2D eigenvalue weighted by Crippen LogP contribution is 2.16. The van der Waals surface area contributed by atoms with Gasteiger partial charge in [0.25, 0.3) is 5.91 Å². The SMILES string of the molecule is Cc1cn2c(n1)CC[C@@H](NC(=O)c1cncn1-c1ccccc1)C2. The number of aryl methyl sites for hydroxylation is 2. The molecule has 0 spiro atoms. The predicted octanol–water partition coefficient (Wildman–Crippen LogP) is 2.12.